The summed E-state index contributed by atoms with van der Waals surface area (Å²) in [5.41, 5.74) is 0.318. The van der Waals surface area contributed by atoms with E-state index < -0.39 is 15.9 Å². The highest BCUT2D eigenvalue weighted by atomic mass is 32.2. The average Bonchev–Trinajstić information content (AvgIpc) is 2.28. The third-order valence-electron chi connectivity index (χ3n) is 2.18. The number of carbonyl (C=O) groups is 1. The summed E-state index contributed by atoms with van der Waals surface area (Å²) in [6, 6.07) is 5.16. The van der Waals surface area contributed by atoms with E-state index in [1.54, 1.807) is 6.07 Å². The number of sulfone groups is 1. The standard InChI is InChI=1S/C11H16N2O4S/c1-3-7-13(15)11(14)12-9-5-4-6-10(8-9)18(2,16)17/h4-6,8,15H,3,7H2,1-2H3,(H,12,14). The van der Waals surface area contributed by atoms with Crippen LogP contribution in [0.5, 0.6) is 0 Å². The Bertz CT molecular complexity index is 528. The Hall–Kier alpha value is -1.60. The lowest BCUT2D eigenvalue weighted by Crippen LogP contribution is -2.32. The minimum Gasteiger partial charge on any atom is -0.306 e. The Balaban J connectivity index is 2.83. The van der Waals surface area contributed by atoms with E-state index >= 15 is 0 Å². The summed E-state index contributed by atoms with van der Waals surface area (Å²) in [5.74, 6) is 0. The maximum atomic E-state index is 11.5. The lowest BCUT2D eigenvalue weighted by Gasteiger charge is -2.15. The molecule has 0 radical (unpaired) electrons. The maximum Gasteiger partial charge on any atom is 0.345 e. The highest BCUT2D eigenvalue weighted by Gasteiger charge is 2.12. The van der Waals surface area contributed by atoms with E-state index in [1.165, 1.54) is 18.2 Å². The topological polar surface area (TPSA) is 86.7 Å². The van der Waals surface area contributed by atoms with E-state index in [0.717, 1.165) is 6.26 Å². The average molecular weight is 272 g/mol. The zero-order valence-electron chi connectivity index (χ0n) is 10.3. The molecule has 0 unspecified atom stereocenters. The third kappa shape index (κ3) is 4.01. The number of hydrogen-bond acceptors (Lipinski definition) is 4. The van der Waals surface area contributed by atoms with Gasteiger partial charge in [-0.15, -0.1) is 0 Å². The van der Waals surface area contributed by atoms with Crippen LogP contribution in [-0.2, 0) is 9.84 Å². The van der Waals surface area contributed by atoms with Crippen LogP contribution in [0, 0.1) is 0 Å². The number of anilines is 1. The predicted octanol–water partition coefficient (Wildman–Crippen LogP) is 1.72. The van der Waals surface area contributed by atoms with Gasteiger partial charge in [0.1, 0.15) is 0 Å². The number of nitrogens with zero attached hydrogens (tertiary/aromatic N) is 1. The van der Waals surface area contributed by atoms with Gasteiger partial charge in [0.2, 0.25) is 0 Å². The van der Waals surface area contributed by atoms with E-state index in [2.05, 4.69) is 5.32 Å². The maximum absolute atomic E-state index is 11.5. The van der Waals surface area contributed by atoms with Crippen molar-refractivity contribution in [1.29, 1.82) is 0 Å². The molecule has 0 aliphatic heterocycles. The van der Waals surface area contributed by atoms with E-state index in [0.29, 0.717) is 17.2 Å². The highest BCUT2D eigenvalue weighted by molar-refractivity contribution is 7.90. The van der Waals surface area contributed by atoms with Crippen molar-refractivity contribution in [2.24, 2.45) is 0 Å². The van der Waals surface area contributed by atoms with Crippen LogP contribution in [0.25, 0.3) is 0 Å². The Morgan fingerprint density at radius 2 is 2.11 bits per heavy atom. The van der Waals surface area contributed by atoms with Gasteiger partial charge in [-0.2, -0.15) is 0 Å². The lowest BCUT2D eigenvalue weighted by molar-refractivity contribution is -0.0369. The summed E-state index contributed by atoms with van der Waals surface area (Å²) in [6.45, 7) is 2.03. The van der Waals surface area contributed by atoms with Crippen molar-refractivity contribution in [3.63, 3.8) is 0 Å². The fourth-order valence-corrected chi connectivity index (χ4v) is 1.97. The quantitative estimate of drug-likeness (QED) is 0.645. The summed E-state index contributed by atoms with van der Waals surface area (Å²) in [5, 5.41) is 12.3. The van der Waals surface area contributed by atoms with Crippen LogP contribution in [0.1, 0.15) is 13.3 Å². The van der Waals surface area contributed by atoms with Crippen LogP contribution in [-0.4, -0.2) is 37.5 Å². The number of urea groups is 1. The van der Waals surface area contributed by atoms with Crippen LogP contribution >= 0.6 is 0 Å². The minimum atomic E-state index is -3.32. The second kappa shape index (κ2) is 5.83. The van der Waals surface area contributed by atoms with Crippen molar-refractivity contribution >= 4 is 21.6 Å². The molecule has 2 amide bonds. The molecule has 1 aromatic carbocycles. The zero-order valence-corrected chi connectivity index (χ0v) is 11.1. The second-order valence-corrected chi connectivity index (χ2v) is 5.87. The van der Waals surface area contributed by atoms with Crippen LogP contribution in [0.15, 0.2) is 29.2 Å². The van der Waals surface area contributed by atoms with Gasteiger partial charge in [-0.1, -0.05) is 13.0 Å². The van der Waals surface area contributed by atoms with Crippen molar-refractivity contribution in [2.75, 3.05) is 18.1 Å². The van der Waals surface area contributed by atoms with Gasteiger partial charge < -0.3 is 5.32 Å². The summed E-state index contributed by atoms with van der Waals surface area (Å²) < 4.78 is 22.7. The predicted molar refractivity (Wildman–Crippen MR) is 67.4 cm³/mol. The first kappa shape index (κ1) is 14.5. The molecule has 2 N–H and O–H groups in total. The molecule has 6 nitrogen and oxygen atoms in total. The lowest BCUT2D eigenvalue weighted by atomic mass is 10.3. The molecule has 0 bridgehead atoms. The van der Waals surface area contributed by atoms with E-state index in [1.807, 2.05) is 6.92 Å². The first-order chi connectivity index (χ1) is 8.34. The van der Waals surface area contributed by atoms with Gasteiger partial charge in [-0.25, -0.2) is 18.3 Å². The first-order valence-electron chi connectivity index (χ1n) is 5.42. The zero-order chi connectivity index (χ0) is 13.8. The molecule has 100 valence electrons. The molecule has 0 atom stereocenters. The fraction of sp³-hybridized carbons (Fsp3) is 0.364. The number of hydrogen-bond donors (Lipinski definition) is 2. The molecular weight excluding hydrogens is 256 g/mol. The number of rotatable bonds is 4. The molecule has 0 heterocycles. The minimum absolute atomic E-state index is 0.111. The van der Waals surface area contributed by atoms with E-state index in [9.17, 15) is 18.4 Å². The van der Waals surface area contributed by atoms with Crippen molar-refractivity contribution < 1.29 is 18.4 Å². The van der Waals surface area contributed by atoms with Gasteiger partial charge in [-0.3, -0.25) is 5.21 Å². The molecule has 0 spiro atoms. The van der Waals surface area contributed by atoms with E-state index in [4.69, 9.17) is 0 Å². The van der Waals surface area contributed by atoms with Crippen LogP contribution < -0.4 is 5.32 Å². The molecule has 1 aromatic rings. The summed E-state index contributed by atoms with van der Waals surface area (Å²) >= 11 is 0. The molecule has 0 aromatic heterocycles. The molecule has 0 fully saturated rings. The Labute approximate surface area is 106 Å². The number of nitrogens with one attached hydrogen (secondary N) is 1. The van der Waals surface area contributed by atoms with Crippen LogP contribution in [0.3, 0.4) is 0 Å². The van der Waals surface area contributed by atoms with Crippen molar-refractivity contribution in [1.82, 2.24) is 5.06 Å². The highest BCUT2D eigenvalue weighted by Crippen LogP contribution is 2.15. The second-order valence-electron chi connectivity index (χ2n) is 3.85. The Kier molecular flexibility index (Phi) is 4.69. The molecule has 0 aliphatic carbocycles. The molecule has 0 saturated heterocycles. The fourth-order valence-electron chi connectivity index (χ4n) is 1.31. The van der Waals surface area contributed by atoms with Crippen LogP contribution in [0.4, 0.5) is 10.5 Å². The van der Waals surface area contributed by atoms with Crippen molar-refractivity contribution in [3.8, 4) is 0 Å². The number of benzene rings is 1. The number of hydroxylamine groups is 2. The largest absolute Gasteiger partial charge is 0.345 e. The van der Waals surface area contributed by atoms with Crippen LogP contribution in [0.2, 0.25) is 0 Å². The number of amides is 2. The SMILES string of the molecule is CCCN(O)C(=O)Nc1cccc(S(C)(=O)=O)c1. The monoisotopic (exact) mass is 272 g/mol. The molecule has 0 saturated carbocycles. The summed E-state index contributed by atoms with van der Waals surface area (Å²) in [6.07, 6.45) is 1.71. The van der Waals surface area contributed by atoms with Gasteiger partial charge in [0.05, 0.1) is 4.90 Å². The first-order valence-corrected chi connectivity index (χ1v) is 7.31. The van der Waals surface area contributed by atoms with Crippen molar-refractivity contribution in [2.45, 2.75) is 18.2 Å². The Morgan fingerprint density at radius 3 is 2.67 bits per heavy atom. The van der Waals surface area contributed by atoms with Gasteiger partial charge in [0.15, 0.2) is 9.84 Å². The van der Waals surface area contributed by atoms with Crippen molar-refractivity contribution in [3.05, 3.63) is 24.3 Å². The van der Waals surface area contributed by atoms with Gasteiger partial charge in [0.25, 0.3) is 0 Å². The van der Waals surface area contributed by atoms with Gasteiger partial charge in [-0.05, 0) is 24.6 Å². The number of carbonyl (C=O) groups excluding carboxylic acids is 1. The van der Waals surface area contributed by atoms with Gasteiger partial charge >= 0.3 is 6.03 Å². The summed E-state index contributed by atoms with van der Waals surface area (Å²) in [7, 11) is -3.32. The molecular formula is C11H16N2O4S. The Morgan fingerprint density at radius 1 is 1.44 bits per heavy atom. The third-order valence-corrected chi connectivity index (χ3v) is 3.29. The molecule has 1 rings (SSSR count). The van der Waals surface area contributed by atoms with Gasteiger partial charge in [0, 0.05) is 18.5 Å². The molecule has 0 aliphatic rings. The van der Waals surface area contributed by atoms with E-state index in [-0.39, 0.29) is 11.4 Å². The smallest absolute Gasteiger partial charge is 0.306 e. The summed E-state index contributed by atoms with van der Waals surface area (Å²) in [4.78, 5) is 11.6. The molecule has 18 heavy (non-hydrogen) atoms. The molecule has 7 heteroatoms. The normalized spacial score (nSPS) is 11.1.